The number of hydrogen-bond donors (Lipinski definition) is 0. The van der Waals surface area contributed by atoms with Gasteiger partial charge in [-0.1, -0.05) is 29.8 Å². The first-order valence-corrected chi connectivity index (χ1v) is 10.7. The van der Waals surface area contributed by atoms with E-state index in [4.69, 9.17) is 35.3 Å². The molecule has 0 bridgehead atoms. The maximum absolute atomic E-state index is 12.9. The number of carbonyl (C=O) groups is 2. The van der Waals surface area contributed by atoms with Gasteiger partial charge in [0.05, 0.1) is 26.9 Å². The largest absolute Gasteiger partial charge is 0.493 e. The highest BCUT2D eigenvalue weighted by Gasteiger charge is 2.25. The summed E-state index contributed by atoms with van der Waals surface area (Å²) in [6, 6.07) is 16.5. The Morgan fingerprint density at radius 1 is 0.914 bits per heavy atom. The molecule has 35 heavy (non-hydrogen) atoms. The lowest BCUT2D eigenvalue weighted by Crippen LogP contribution is -2.10. The smallest absolute Gasteiger partial charge is 0.363 e. The highest BCUT2D eigenvalue weighted by molar-refractivity contribution is 6.30. The number of nitrogens with zero attached hydrogens (tertiary/aromatic N) is 1. The molecule has 3 aromatic carbocycles. The average Bonchev–Trinajstić information content (AvgIpc) is 3.24. The van der Waals surface area contributed by atoms with E-state index >= 15 is 0 Å². The van der Waals surface area contributed by atoms with Crippen molar-refractivity contribution in [3.05, 3.63) is 88.1 Å². The minimum Gasteiger partial charge on any atom is -0.493 e. The summed E-state index contributed by atoms with van der Waals surface area (Å²) in [6.07, 6.45) is 1.49. The third-order valence-electron chi connectivity index (χ3n) is 5.03. The third kappa shape index (κ3) is 5.12. The molecular formula is C26H20ClNO7. The zero-order chi connectivity index (χ0) is 24.9. The molecule has 8 nitrogen and oxygen atoms in total. The van der Waals surface area contributed by atoms with Gasteiger partial charge in [0.2, 0.25) is 11.6 Å². The van der Waals surface area contributed by atoms with E-state index in [2.05, 4.69) is 4.99 Å². The van der Waals surface area contributed by atoms with Crippen LogP contribution in [-0.4, -0.2) is 39.2 Å². The molecule has 0 spiro atoms. The Morgan fingerprint density at radius 2 is 1.57 bits per heavy atom. The molecule has 0 saturated heterocycles. The van der Waals surface area contributed by atoms with Crippen molar-refractivity contribution in [2.75, 3.05) is 21.3 Å². The summed E-state index contributed by atoms with van der Waals surface area (Å²) >= 11 is 5.91. The second-order valence-corrected chi connectivity index (χ2v) is 7.62. The first-order valence-electron chi connectivity index (χ1n) is 10.3. The van der Waals surface area contributed by atoms with E-state index in [9.17, 15) is 9.59 Å². The van der Waals surface area contributed by atoms with E-state index in [1.54, 1.807) is 48.5 Å². The third-order valence-corrected chi connectivity index (χ3v) is 5.28. The molecule has 0 amide bonds. The molecule has 0 aliphatic carbocycles. The topological polar surface area (TPSA) is 92.7 Å². The quantitative estimate of drug-likeness (QED) is 0.262. The molecule has 1 aliphatic heterocycles. The zero-order valence-corrected chi connectivity index (χ0v) is 19.8. The molecule has 0 atom stereocenters. The number of methoxy groups -OCH3 is 3. The van der Waals surface area contributed by atoms with Gasteiger partial charge in [0, 0.05) is 16.1 Å². The molecule has 9 heteroatoms. The number of benzene rings is 3. The SMILES string of the molecule is COc1cc(C(=O)Oc2ccccc2/C=C2/N=C(c3ccc(Cl)cc3)OC2=O)cc(OC)c1OC. The number of esters is 2. The van der Waals surface area contributed by atoms with Gasteiger partial charge in [0.25, 0.3) is 0 Å². The second kappa shape index (κ2) is 10.3. The summed E-state index contributed by atoms with van der Waals surface area (Å²) in [5.41, 5.74) is 1.31. The van der Waals surface area contributed by atoms with Crippen LogP contribution in [0.2, 0.25) is 5.02 Å². The Labute approximate surface area is 206 Å². The molecule has 0 aromatic heterocycles. The van der Waals surface area contributed by atoms with Crippen LogP contribution in [0.15, 0.2) is 71.4 Å². The van der Waals surface area contributed by atoms with Crippen LogP contribution in [-0.2, 0) is 9.53 Å². The zero-order valence-electron chi connectivity index (χ0n) is 19.0. The first kappa shape index (κ1) is 23.8. The molecular weight excluding hydrogens is 474 g/mol. The standard InChI is InChI=1S/C26H20ClNO7/c1-31-21-13-17(14-22(32-2)23(21)33-3)25(29)34-20-7-5-4-6-16(20)12-19-26(30)35-24(28-19)15-8-10-18(27)11-9-15/h4-14H,1-3H3/b19-12+. The van der Waals surface area contributed by atoms with Crippen molar-refractivity contribution in [1.29, 1.82) is 0 Å². The number of ether oxygens (including phenoxy) is 5. The van der Waals surface area contributed by atoms with Crippen LogP contribution in [0.3, 0.4) is 0 Å². The van der Waals surface area contributed by atoms with Crippen molar-refractivity contribution in [2.24, 2.45) is 4.99 Å². The predicted molar refractivity (Wildman–Crippen MR) is 130 cm³/mol. The Balaban J connectivity index is 1.63. The van der Waals surface area contributed by atoms with Crippen LogP contribution in [0.1, 0.15) is 21.5 Å². The Hall–Kier alpha value is -4.30. The van der Waals surface area contributed by atoms with E-state index in [1.807, 2.05) is 0 Å². The van der Waals surface area contributed by atoms with Gasteiger partial charge in [-0.3, -0.25) is 0 Å². The van der Waals surface area contributed by atoms with Gasteiger partial charge in [-0.05, 0) is 48.5 Å². The minimum absolute atomic E-state index is 0.0613. The highest BCUT2D eigenvalue weighted by Crippen LogP contribution is 2.38. The van der Waals surface area contributed by atoms with Crippen LogP contribution >= 0.6 is 11.6 Å². The van der Waals surface area contributed by atoms with E-state index < -0.39 is 11.9 Å². The van der Waals surface area contributed by atoms with Gasteiger partial charge >= 0.3 is 11.9 Å². The van der Waals surface area contributed by atoms with E-state index in [0.29, 0.717) is 33.4 Å². The predicted octanol–water partition coefficient (Wildman–Crippen LogP) is 4.93. The fourth-order valence-corrected chi connectivity index (χ4v) is 3.45. The van der Waals surface area contributed by atoms with E-state index in [-0.39, 0.29) is 22.9 Å². The number of para-hydroxylation sites is 1. The monoisotopic (exact) mass is 493 g/mol. The molecule has 0 N–H and O–H groups in total. The molecule has 0 fully saturated rings. The summed E-state index contributed by atoms with van der Waals surface area (Å²) in [4.78, 5) is 29.6. The molecule has 0 unspecified atom stereocenters. The van der Waals surface area contributed by atoms with Crippen molar-refractivity contribution in [3.63, 3.8) is 0 Å². The van der Waals surface area contributed by atoms with E-state index in [0.717, 1.165) is 0 Å². The molecule has 178 valence electrons. The summed E-state index contributed by atoms with van der Waals surface area (Å²) in [5, 5.41) is 0.553. The van der Waals surface area contributed by atoms with Crippen LogP contribution < -0.4 is 18.9 Å². The molecule has 3 aromatic rings. The Morgan fingerprint density at radius 3 is 2.20 bits per heavy atom. The van der Waals surface area contributed by atoms with Gasteiger partial charge in [0.1, 0.15) is 5.75 Å². The lowest BCUT2D eigenvalue weighted by Gasteiger charge is -2.14. The summed E-state index contributed by atoms with van der Waals surface area (Å²) in [5.74, 6) is 0.0754. The lowest BCUT2D eigenvalue weighted by molar-refractivity contribution is -0.129. The fourth-order valence-electron chi connectivity index (χ4n) is 3.32. The van der Waals surface area contributed by atoms with Crippen LogP contribution in [0.25, 0.3) is 6.08 Å². The molecule has 4 rings (SSSR count). The molecule has 1 aliphatic rings. The number of hydrogen-bond acceptors (Lipinski definition) is 8. The van der Waals surface area contributed by atoms with Crippen LogP contribution in [0.4, 0.5) is 0 Å². The van der Waals surface area contributed by atoms with Crippen LogP contribution in [0, 0.1) is 0 Å². The van der Waals surface area contributed by atoms with Crippen molar-refractivity contribution >= 4 is 35.5 Å². The lowest BCUT2D eigenvalue weighted by atomic mass is 10.1. The average molecular weight is 494 g/mol. The number of carbonyl (C=O) groups excluding carboxylic acids is 2. The van der Waals surface area contributed by atoms with Gasteiger partial charge in [-0.25, -0.2) is 14.6 Å². The van der Waals surface area contributed by atoms with E-state index in [1.165, 1.54) is 39.5 Å². The van der Waals surface area contributed by atoms with Gasteiger partial charge in [-0.15, -0.1) is 0 Å². The second-order valence-electron chi connectivity index (χ2n) is 7.18. The van der Waals surface area contributed by atoms with Crippen molar-refractivity contribution in [3.8, 4) is 23.0 Å². The number of aliphatic imine (C=N–C) groups is 1. The first-order chi connectivity index (χ1) is 16.9. The Bertz CT molecular complexity index is 1320. The maximum Gasteiger partial charge on any atom is 0.363 e. The fraction of sp³-hybridized carbons (Fsp3) is 0.115. The van der Waals surface area contributed by atoms with Gasteiger partial charge < -0.3 is 23.7 Å². The Kier molecular flexibility index (Phi) is 7.03. The van der Waals surface area contributed by atoms with Crippen molar-refractivity contribution in [1.82, 2.24) is 0 Å². The van der Waals surface area contributed by atoms with Crippen LogP contribution in [0.5, 0.6) is 23.0 Å². The number of cyclic esters (lactones) is 1. The van der Waals surface area contributed by atoms with Crippen molar-refractivity contribution < 1.29 is 33.3 Å². The molecule has 0 radical (unpaired) electrons. The molecule has 1 heterocycles. The summed E-state index contributed by atoms with van der Waals surface area (Å²) < 4.78 is 26.8. The molecule has 0 saturated carbocycles. The summed E-state index contributed by atoms with van der Waals surface area (Å²) in [6.45, 7) is 0. The number of halogens is 1. The van der Waals surface area contributed by atoms with Gasteiger partial charge in [0.15, 0.2) is 17.2 Å². The van der Waals surface area contributed by atoms with Gasteiger partial charge in [-0.2, -0.15) is 0 Å². The van der Waals surface area contributed by atoms with Crippen molar-refractivity contribution in [2.45, 2.75) is 0 Å². The number of rotatable bonds is 7. The summed E-state index contributed by atoms with van der Waals surface area (Å²) in [7, 11) is 4.37. The normalized spacial score (nSPS) is 13.8. The highest BCUT2D eigenvalue weighted by atomic mass is 35.5. The maximum atomic E-state index is 12.9. The minimum atomic E-state index is -0.658.